The van der Waals surface area contributed by atoms with Crippen LogP contribution in [-0.2, 0) is 9.59 Å². The molecule has 180 valence electrons. The van der Waals surface area contributed by atoms with Crippen molar-refractivity contribution in [1.29, 1.82) is 0 Å². The molecule has 1 aliphatic heterocycles. The summed E-state index contributed by atoms with van der Waals surface area (Å²) in [5.41, 5.74) is 0.417. The highest BCUT2D eigenvalue weighted by molar-refractivity contribution is 6.51. The molecule has 1 unspecified atom stereocenters. The number of benzene rings is 2. The van der Waals surface area contributed by atoms with E-state index in [1.165, 1.54) is 30.6 Å². The Kier molecular flexibility index (Phi) is 6.46. The van der Waals surface area contributed by atoms with Crippen LogP contribution in [0.5, 0.6) is 11.5 Å². The minimum absolute atomic E-state index is 0.0159. The molecule has 2 aromatic carbocycles. The monoisotopic (exact) mass is 484 g/mol. The summed E-state index contributed by atoms with van der Waals surface area (Å²) in [5, 5.41) is 11.1. The summed E-state index contributed by atoms with van der Waals surface area (Å²) >= 11 is 0. The number of pyridine rings is 1. The number of Topliss-reactive ketones (excluding diaryl/α,β-unsaturated/α-hetero) is 1. The molecule has 1 N–H and O–H groups in total. The first kappa shape index (κ1) is 23.8. The molecular weight excluding hydrogens is 465 g/mol. The second kappa shape index (κ2) is 9.49. The Morgan fingerprint density at radius 1 is 1.03 bits per heavy atom. The minimum atomic E-state index is -4.94. The van der Waals surface area contributed by atoms with Crippen molar-refractivity contribution in [2.75, 3.05) is 11.5 Å². The van der Waals surface area contributed by atoms with Crippen molar-refractivity contribution in [1.82, 2.24) is 4.98 Å². The summed E-state index contributed by atoms with van der Waals surface area (Å²) in [7, 11) is 0. The molecule has 0 bridgehead atoms. The summed E-state index contributed by atoms with van der Waals surface area (Å²) < 4.78 is 47.7. The second-order valence-corrected chi connectivity index (χ2v) is 7.46. The van der Waals surface area contributed by atoms with Crippen LogP contribution in [0.4, 0.5) is 18.9 Å². The predicted octanol–water partition coefficient (Wildman–Crippen LogP) is 5.01. The normalized spacial score (nSPS) is 17.5. The molecule has 1 aliphatic rings. The average Bonchev–Trinajstić information content (AvgIpc) is 3.09. The Morgan fingerprint density at radius 2 is 1.71 bits per heavy atom. The molecule has 2 heterocycles. The quantitative estimate of drug-likeness (QED) is 0.301. The summed E-state index contributed by atoms with van der Waals surface area (Å²) in [6.07, 6.45) is -2.06. The topological polar surface area (TPSA) is 89.0 Å². The molecule has 7 nitrogen and oxygen atoms in total. The van der Waals surface area contributed by atoms with Gasteiger partial charge in [-0.15, -0.1) is 13.2 Å². The van der Waals surface area contributed by atoms with Gasteiger partial charge >= 0.3 is 6.36 Å². The van der Waals surface area contributed by atoms with Crippen LogP contribution in [0.2, 0.25) is 0 Å². The zero-order valence-corrected chi connectivity index (χ0v) is 18.3. The maximum Gasteiger partial charge on any atom is 0.573 e. The van der Waals surface area contributed by atoms with Crippen LogP contribution in [0.15, 0.2) is 78.6 Å². The van der Waals surface area contributed by atoms with Gasteiger partial charge in [-0.25, -0.2) is 0 Å². The molecule has 35 heavy (non-hydrogen) atoms. The van der Waals surface area contributed by atoms with Gasteiger partial charge in [0.25, 0.3) is 11.7 Å². The van der Waals surface area contributed by atoms with E-state index in [1.54, 1.807) is 37.3 Å². The number of anilines is 1. The van der Waals surface area contributed by atoms with Gasteiger partial charge in [0.05, 0.1) is 18.2 Å². The number of rotatable bonds is 6. The fourth-order valence-corrected chi connectivity index (χ4v) is 3.85. The number of hydrogen-bond acceptors (Lipinski definition) is 6. The molecule has 1 amide bonds. The van der Waals surface area contributed by atoms with E-state index in [0.717, 1.165) is 17.0 Å². The molecular formula is C25H19F3N2O5. The number of alkyl halides is 3. The van der Waals surface area contributed by atoms with Crippen LogP contribution >= 0.6 is 0 Å². The van der Waals surface area contributed by atoms with E-state index in [2.05, 4.69) is 9.72 Å². The van der Waals surface area contributed by atoms with Gasteiger partial charge in [0, 0.05) is 29.7 Å². The zero-order valence-electron chi connectivity index (χ0n) is 18.3. The van der Waals surface area contributed by atoms with Crippen molar-refractivity contribution in [2.24, 2.45) is 0 Å². The average molecular weight is 484 g/mol. The van der Waals surface area contributed by atoms with Crippen molar-refractivity contribution < 1.29 is 37.3 Å². The number of carbonyl (C=O) groups is 2. The van der Waals surface area contributed by atoms with Crippen LogP contribution in [-0.4, -0.2) is 34.8 Å². The Morgan fingerprint density at radius 3 is 2.40 bits per heavy atom. The van der Waals surface area contributed by atoms with E-state index in [9.17, 15) is 27.9 Å². The van der Waals surface area contributed by atoms with Gasteiger partial charge in [-0.2, -0.15) is 0 Å². The third-order valence-electron chi connectivity index (χ3n) is 5.21. The number of halogens is 3. The zero-order chi connectivity index (χ0) is 25.2. The Bertz CT molecular complexity index is 1290. The minimum Gasteiger partial charge on any atom is -0.507 e. The highest BCUT2D eigenvalue weighted by Crippen LogP contribution is 2.43. The van der Waals surface area contributed by atoms with Crippen molar-refractivity contribution in [3.63, 3.8) is 0 Å². The van der Waals surface area contributed by atoms with Gasteiger partial charge in [0.1, 0.15) is 17.3 Å². The first-order valence-corrected chi connectivity index (χ1v) is 10.5. The summed E-state index contributed by atoms with van der Waals surface area (Å²) in [6, 6.07) is 13.0. The number of nitrogens with zero attached hydrogens (tertiary/aromatic N) is 2. The van der Waals surface area contributed by atoms with E-state index in [4.69, 9.17) is 4.74 Å². The maximum absolute atomic E-state index is 13.1. The first-order chi connectivity index (χ1) is 16.7. The number of amides is 1. The van der Waals surface area contributed by atoms with E-state index in [0.29, 0.717) is 17.9 Å². The smallest absolute Gasteiger partial charge is 0.507 e. The lowest BCUT2D eigenvalue weighted by Crippen LogP contribution is -2.29. The maximum atomic E-state index is 13.1. The van der Waals surface area contributed by atoms with Crippen LogP contribution in [0.25, 0.3) is 5.76 Å². The molecule has 0 saturated carbocycles. The van der Waals surface area contributed by atoms with Gasteiger partial charge in [0.15, 0.2) is 0 Å². The predicted molar refractivity (Wildman–Crippen MR) is 120 cm³/mol. The van der Waals surface area contributed by atoms with Gasteiger partial charge in [-0.05, 0) is 48.9 Å². The van der Waals surface area contributed by atoms with Crippen LogP contribution in [0.1, 0.15) is 24.1 Å². The van der Waals surface area contributed by atoms with Crippen molar-refractivity contribution in [2.45, 2.75) is 19.3 Å². The van der Waals surface area contributed by atoms with Crippen LogP contribution < -0.4 is 14.4 Å². The molecule has 0 radical (unpaired) electrons. The number of aliphatic hydroxyl groups is 1. The molecule has 1 aromatic heterocycles. The van der Waals surface area contributed by atoms with Gasteiger partial charge in [-0.3, -0.25) is 19.5 Å². The van der Waals surface area contributed by atoms with Crippen molar-refractivity contribution >= 4 is 23.1 Å². The van der Waals surface area contributed by atoms with E-state index in [-0.39, 0.29) is 16.8 Å². The summed E-state index contributed by atoms with van der Waals surface area (Å²) in [6.45, 7) is 2.17. The van der Waals surface area contributed by atoms with E-state index in [1.807, 2.05) is 0 Å². The van der Waals surface area contributed by atoms with Crippen molar-refractivity contribution in [3.8, 4) is 11.5 Å². The lowest BCUT2D eigenvalue weighted by atomic mass is 9.95. The largest absolute Gasteiger partial charge is 0.573 e. The lowest BCUT2D eigenvalue weighted by Gasteiger charge is -2.25. The first-order valence-electron chi connectivity index (χ1n) is 10.5. The fourth-order valence-electron chi connectivity index (χ4n) is 3.85. The third kappa shape index (κ3) is 4.96. The highest BCUT2D eigenvalue weighted by Gasteiger charge is 2.47. The third-order valence-corrected chi connectivity index (χ3v) is 5.21. The van der Waals surface area contributed by atoms with E-state index < -0.39 is 35.6 Å². The Balaban J connectivity index is 1.87. The number of carbonyl (C=O) groups excluding carboxylic acids is 2. The Labute approximate surface area is 198 Å². The SMILES string of the molecule is CCOc1cccc(/C(O)=C2\C(=O)C(=O)N(c3cccc(OC(F)(F)F)c3)C2c2ccncc2)c1. The molecule has 1 atom stereocenters. The number of ether oxygens (including phenoxy) is 2. The fraction of sp³-hybridized carbons (Fsp3) is 0.160. The molecule has 0 aliphatic carbocycles. The molecule has 1 saturated heterocycles. The molecule has 1 fully saturated rings. The number of ketones is 1. The standard InChI is InChI=1S/C25H19F3N2O5/c1-2-34-18-7-3-5-16(13-18)22(31)20-21(15-9-11-29-12-10-15)30(24(33)23(20)32)17-6-4-8-19(14-17)35-25(26,27)28/h3-14,21,31H,2H2,1H3/b22-20+. The summed E-state index contributed by atoms with van der Waals surface area (Å²) in [5.74, 6) is -2.57. The summed E-state index contributed by atoms with van der Waals surface area (Å²) in [4.78, 5) is 31.2. The van der Waals surface area contributed by atoms with Crippen LogP contribution in [0, 0.1) is 0 Å². The molecule has 0 spiro atoms. The number of hydrogen-bond donors (Lipinski definition) is 1. The van der Waals surface area contributed by atoms with Gasteiger partial charge in [-0.1, -0.05) is 18.2 Å². The number of aliphatic hydroxyl groups excluding tert-OH is 1. The van der Waals surface area contributed by atoms with E-state index >= 15 is 0 Å². The highest BCUT2D eigenvalue weighted by atomic mass is 19.4. The lowest BCUT2D eigenvalue weighted by molar-refractivity contribution is -0.274. The Hall–Kier alpha value is -4.34. The molecule has 10 heteroatoms. The second-order valence-electron chi connectivity index (χ2n) is 7.46. The van der Waals surface area contributed by atoms with Gasteiger partial charge in [0.2, 0.25) is 0 Å². The number of aromatic nitrogens is 1. The van der Waals surface area contributed by atoms with Gasteiger partial charge < -0.3 is 14.6 Å². The van der Waals surface area contributed by atoms with Crippen LogP contribution in [0.3, 0.4) is 0 Å². The van der Waals surface area contributed by atoms with Crippen molar-refractivity contribution in [3.05, 3.63) is 89.8 Å². The molecule has 4 rings (SSSR count). The molecule has 3 aromatic rings.